The zero-order chi connectivity index (χ0) is 22.7. The third kappa shape index (κ3) is 4.72. The maximum Gasteiger partial charge on any atom is 0.257 e. The van der Waals surface area contributed by atoms with Gasteiger partial charge in [0.05, 0.1) is 12.1 Å². The molecular formula is C21H19ClN6O2S2. The first-order valence-electron chi connectivity index (χ1n) is 9.71. The number of hydrogen-bond donors (Lipinski definition) is 2. The summed E-state index contributed by atoms with van der Waals surface area (Å²) in [6.07, 6.45) is 0.775. The molecule has 0 aliphatic heterocycles. The normalized spacial score (nSPS) is 10.8. The molecule has 0 saturated carbocycles. The number of carbonyl (C=O) groups is 1. The summed E-state index contributed by atoms with van der Waals surface area (Å²) in [5.41, 5.74) is 2.40. The van der Waals surface area contributed by atoms with E-state index in [9.17, 15) is 4.79 Å². The van der Waals surface area contributed by atoms with Crippen LogP contribution in [0.3, 0.4) is 0 Å². The Morgan fingerprint density at radius 2 is 2.00 bits per heavy atom. The molecule has 0 atom stereocenters. The summed E-state index contributed by atoms with van der Waals surface area (Å²) in [4.78, 5) is 13.1. The van der Waals surface area contributed by atoms with Crippen molar-refractivity contribution in [3.05, 3.63) is 64.4 Å². The SMILES string of the molecule is CCc1nnc2sc(-c3ccc(CNC(=S)NC(=O)c4ccc(OC)c(Cl)c4)cc3)nn12. The highest BCUT2D eigenvalue weighted by Crippen LogP contribution is 2.26. The summed E-state index contributed by atoms with van der Waals surface area (Å²) in [6.45, 7) is 2.49. The molecule has 8 nitrogen and oxygen atoms in total. The van der Waals surface area contributed by atoms with Gasteiger partial charge in [-0.1, -0.05) is 54.1 Å². The maximum atomic E-state index is 12.4. The molecule has 1 amide bonds. The lowest BCUT2D eigenvalue weighted by Crippen LogP contribution is -2.38. The van der Waals surface area contributed by atoms with Crippen LogP contribution in [0.4, 0.5) is 0 Å². The molecule has 0 aliphatic rings. The van der Waals surface area contributed by atoms with Gasteiger partial charge in [0.15, 0.2) is 10.9 Å². The van der Waals surface area contributed by atoms with Gasteiger partial charge in [0, 0.05) is 24.1 Å². The Hall–Kier alpha value is -3.08. The highest BCUT2D eigenvalue weighted by molar-refractivity contribution is 7.80. The molecular weight excluding hydrogens is 468 g/mol. The average Bonchev–Trinajstić information content (AvgIpc) is 3.38. The predicted molar refractivity (Wildman–Crippen MR) is 128 cm³/mol. The van der Waals surface area contributed by atoms with E-state index in [-0.39, 0.29) is 11.0 Å². The van der Waals surface area contributed by atoms with E-state index in [4.69, 9.17) is 28.6 Å². The molecule has 0 saturated heterocycles. The van der Waals surface area contributed by atoms with Crippen molar-refractivity contribution in [2.75, 3.05) is 7.11 Å². The van der Waals surface area contributed by atoms with Crippen LogP contribution in [-0.4, -0.2) is 37.9 Å². The molecule has 0 spiro atoms. The van der Waals surface area contributed by atoms with Gasteiger partial charge in [-0.25, -0.2) is 0 Å². The van der Waals surface area contributed by atoms with Crippen LogP contribution in [0.15, 0.2) is 42.5 Å². The standard InChI is InChI=1S/C21H19ClN6O2S2/c1-3-17-25-26-21-28(17)27-19(32-21)13-6-4-12(5-7-13)11-23-20(31)24-18(29)14-8-9-16(30-2)15(22)10-14/h4-10H,3,11H2,1-2H3,(H2,23,24,29,31). The summed E-state index contributed by atoms with van der Waals surface area (Å²) in [7, 11) is 1.52. The number of ether oxygens (including phenoxy) is 1. The van der Waals surface area contributed by atoms with Crippen LogP contribution >= 0.6 is 35.2 Å². The van der Waals surface area contributed by atoms with Gasteiger partial charge in [-0.05, 0) is 36.0 Å². The Balaban J connectivity index is 1.34. The van der Waals surface area contributed by atoms with E-state index in [1.807, 2.05) is 31.2 Å². The molecule has 0 aliphatic carbocycles. The summed E-state index contributed by atoms with van der Waals surface area (Å²) in [5.74, 6) is 0.995. The van der Waals surface area contributed by atoms with Crippen molar-refractivity contribution < 1.29 is 9.53 Å². The number of nitrogens with one attached hydrogen (secondary N) is 2. The number of nitrogens with zero attached hydrogens (tertiary/aromatic N) is 4. The lowest BCUT2D eigenvalue weighted by Gasteiger charge is -2.11. The van der Waals surface area contributed by atoms with E-state index in [1.54, 1.807) is 16.6 Å². The van der Waals surface area contributed by atoms with Gasteiger partial charge in [-0.2, -0.15) is 9.61 Å². The molecule has 4 aromatic rings. The third-order valence-electron chi connectivity index (χ3n) is 4.67. The second kappa shape index (κ2) is 9.60. The third-order valence-corrected chi connectivity index (χ3v) is 6.16. The molecule has 4 rings (SSSR count). The Kier molecular flexibility index (Phi) is 6.63. The van der Waals surface area contributed by atoms with Crippen molar-refractivity contribution in [3.63, 3.8) is 0 Å². The molecule has 2 aromatic heterocycles. The Morgan fingerprint density at radius 1 is 1.22 bits per heavy atom. The number of hydrogen-bond acceptors (Lipinski definition) is 7. The summed E-state index contributed by atoms with van der Waals surface area (Å²) < 4.78 is 6.88. The van der Waals surface area contributed by atoms with Crippen LogP contribution < -0.4 is 15.4 Å². The van der Waals surface area contributed by atoms with Crippen LogP contribution in [0.2, 0.25) is 5.02 Å². The van der Waals surface area contributed by atoms with E-state index in [2.05, 4.69) is 25.9 Å². The van der Waals surface area contributed by atoms with Crippen molar-refractivity contribution in [2.24, 2.45) is 0 Å². The number of methoxy groups -OCH3 is 1. The number of amides is 1. The van der Waals surface area contributed by atoms with Crippen molar-refractivity contribution in [3.8, 4) is 16.3 Å². The van der Waals surface area contributed by atoms with Crippen molar-refractivity contribution in [1.29, 1.82) is 0 Å². The van der Waals surface area contributed by atoms with E-state index < -0.39 is 0 Å². The zero-order valence-corrected chi connectivity index (χ0v) is 19.6. The van der Waals surface area contributed by atoms with Crippen LogP contribution in [-0.2, 0) is 13.0 Å². The molecule has 0 unspecified atom stereocenters. The van der Waals surface area contributed by atoms with Crippen molar-refractivity contribution >= 4 is 51.1 Å². The van der Waals surface area contributed by atoms with Crippen LogP contribution in [0.1, 0.15) is 28.7 Å². The van der Waals surface area contributed by atoms with E-state index >= 15 is 0 Å². The zero-order valence-electron chi connectivity index (χ0n) is 17.3. The minimum atomic E-state index is -0.350. The van der Waals surface area contributed by atoms with Gasteiger partial charge < -0.3 is 10.1 Å². The monoisotopic (exact) mass is 486 g/mol. The minimum absolute atomic E-state index is 0.228. The van der Waals surface area contributed by atoms with E-state index in [0.717, 1.165) is 33.3 Å². The Bertz CT molecular complexity index is 1290. The Labute approximate surface area is 198 Å². The number of thiocarbonyl (C=S) groups is 1. The number of benzene rings is 2. The first-order chi connectivity index (χ1) is 15.5. The highest BCUT2D eigenvalue weighted by atomic mass is 35.5. The van der Waals surface area contributed by atoms with Crippen molar-refractivity contribution in [2.45, 2.75) is 19.9 Å². The van der Waals surface area contributed by atoms with Crippen LogP contribution in [0.5, 0.6) is 5.75 Å². The van der Waals surface area contributed by atoms with Crippen LogP contribution in [0, 0.1) is 0 Å². The fraction of sp³-hybridized carbons (Fsp3) is 0.190. The second-order valence-corrected chi connectivity index (χ2v) is 8.53. The quantitative estimate of drug-likeness (QED) is 0.399. The van der Waals surface area contributed by atoms with Gasteiger partial charge in [-0.3, -0.25) is 10.1 Å². The number of aryl methyl sites for hydroxylation is 1. The molecule has 164 valence electrons. The number of fused-ring (bicyclic) bond motifs is 1. The number of aromatic nitrogens is 4. The fourth-order valence-electron chi connectivity index (χ4n) is 2.97. The molecule has 0 bridgehead atoms. The molecule has 32 heavy (non-hydrogen) atoms. The molecule has 11 heteroatoms. The molecule has 2 heterocycles. The molecule has 2 aromatic carbocycles. The first kappa shape index (κ1) is 22.1. The van der Waals surface area contributed by atoms with Crippen LogP contribution in [0.25, 0.3) is 15.5 Å². The molecule has 0 fully saturated rings. The van der Waals surface area contributed by atoms with Gasteiger partial charge in [0.2, 0.25) is 4.96 Å². The number of rotatable bonds is 6. The summed E-state index contributed by atoms with van der Waals surface area (Å²) >= 11 is 12.8. The number of carbonyl (C=O) groups excluding carboxylic acids is 1. The second-order valence-electron chi connectivity index (χ2n) is 6.75. The van der Waals surface area contributed by atoms with Crippen molar-refractivity contribution in [1.82, 2.24) is 30.4 Å². The summed E-state index contributed by atoms with van der Waals surface area (Å²) in [6, 6.07) is 12.8. The predicted octanol–water partition coefficient (Wildman–Crippen LogP) is 3.88. The van der Waals surface area contributed by atoms with Gasteiger partial charge in [-0.15, -0.1) is 10.2 Å². The minimum Gasteiger partial charge on any atom is -0.495 e. The smallest absolute Gasteiger partial charge is 0.257 e. The summed E-state index contributed by atoms with van der Waals surface area (Å²) in [5, 5.41) is 20.0. The van der Waals surface area contributed by atoms with E-state index in [0.29, 0.717) is 22.9 Å². The van der Waals surface area contributed by atoms with Gasteiger partial charge in [0.25, 0.3) is 5.91 Å². The molecule has 2 N–H and O–H groups in total. The largest absolute Gasteiger partial charge is 0.495 e. The fourth-order valence-corrected chi connectivity index (χ4v) is 4.26. The number of halogens is 1. The van der Waals surface area contributed by atoms with Gasteiger partial charge in [0.1, 0.15) is 10.8 Å². The Morgan fingerprint density at radius 3 is 2.69 bits per heavy atom. The van der Waals surface area contributed by atoms with E-state index in [1.165, 1.54) is 24.5 Å². The lowest BCUT2D eigenvalue weighted by molar-refractivity contribution is 0.0976. The molecule has 0 radical (unpaired) electrons. The topological polar surface area (TPSA) is 93.4 Å². The first-order valence-corrected chi connectivity index (χ1v) is 11.3. The highest BCUT2D eigenvalue weighted by Gasteiger charge is 2.13. The van der Waals surface area contributed by atoms with Gasteiger partial charge >= 0.3 is 0 Å². The maximum absolute atomic E-state index is 12.4. The average molecular weight is 487 g/mol. The lowest BCUT2D eigenvalue weighted by atomic mass is 10.1.